The van der Waals surface area contributed by atoms with Crippen molar-refractivity contribution in [3.05, 3.63) is 20.3 Å². The molecule has 1 atom stereocenters. The summed E-state index contributed by atoms with van der Waals surface area (Å²) in [4.78, 5) is 13.8. The molecule has 1 aliphatic carbocycles. The van der Waals surface area contributed by atoms with E-state index in [1.165, 1.54) is 14.9 Å². The van der Waals surface area contributed by atoms with Gasteiger partial charge in [0, 0.05) is 13.1 Å². The molecule has 1 unspecified atom stereocenters. The van der Waals surface area contributed by atoms with E-state index < -0.39 is 5.60 Å². The highest BCUT2D eigenvalue weighted by Gasteiger charge is 2.29. The van der Waals surface area contributed by atoms with Gasteiger partial charge in [0.15, 0.2) is 0 Å². The molecule has 0 N–H and O–H groups in total. The lowest BCUT2D eigenvalue weighted by molar-refractivity contribution is 0.0210. The number of rotatable bonds is 1. The molecule has 1 heterocycles. The highest BCUT2D eigenvalue weighted by Crippen LogP contribution is 2.35. The standard InChI is InChI=1S/C14H20BrNO2S/c1-14(2,3)18-13(17)16(4)10-6-5-9-8-19-12(15)11(9)7-10/h8,10H,5-7H2,1-4H3. The molecule has 0 fully saturated rings. The maximum absolute atomic E-state index is 12.1. The average Bonchev–Trinajstić information content (AvgIpc) is 2.67. The second kappa shape index (κ2) is 5.44. The van der Waals surface area contributed by atoms with E-state index in [0.29, 0.717) is 0 Å². The number of hydrogen-bond donors (Lipinski definition) is 0. The molecule has 1 aromatic rings. The van der Waals surface area contributed by atoms with E-state index >= 15 is 0 Å². The summed E-state index contributed by atoms with van der Waals surface area (Å²) in [6.07, 6.45) is 2.73. The molecule has 0 bridgehead atoms. The minimum atomic E-state index is -0.436. The molecule has 3 nitrogen and oxygen atoms in total. The van der Waals surface area contributed by atoms with Gasteiger partial charge >= 0.3 is 6.09 Å². The number of nitrogens with zero attached hydrogens (tertiary/aromatic N) is 1. The summed E-state index contributed by atoms with van der Waals surface area (Å²) in [7, 11) is 1.84. The van der Waals surface area contributed by atoms with Crippen LogP contribution in [0.4, 0.5) is 4.79 Å². The van der Waals surface area contributed by atoms with Crippen LogP contribution in [-0.4, -0.2) is 29.7 Å². The van der Waals surface area contributed by atoms with E-state index in [9.17, 15) is 4.79 Å². The molecule has 0 radical (unpaired) electrons. The Morgan fingerprint density at radius 3 is 2.84 bits per heavy atom. The van der Waals surface area contributed by atoms with Gasteiger partial charge in [0.05, 0.1) is 3.79 Å². The number of halogens is 1. The van der Waals surface area contributed by atoms with Gasteiger partial charge in [-0.25, -0.2) is 4.79 Å². The SMILES string of the molecule is CN(C(=O)OC(C)(C)C)C1CCc2csc(Br)c2C1. The highest BCUT2D eigenvalue weighted by atomic mass is 79.9. The molecule has 106 valence electrons. The number of likely N-dealkylation sites (N-methyl/N-ethyl adjacent to an activating group) is 1. The quantitative estimate of drug-likeness (QED) is 0.761. The van der Waals surface area contributed by atoms with Gasteiger partial charge in [-0.05, 0) is 72.5 Å². The van der Waals surface area contributed by atoms with Gasteiger partial charge in [-0.3, -0.25) is 0 Å². The fourth-order valence-electron chi connectivity index (χ4n) is 2.29. The first kappa shape index (κ1) is 14.9. The molecule has 0 aromatic carbocycles. The first-order chi connectivity index (χ1) is 8.78. The van der Waals surface area contributed by atoms with Crippen LogP contribution in [0, 0.1) is 0 Å². The Morgan fingerprint density at radius 2 is 2.21 bits per heavy atom. The van der Waals surface area contributed by atoms with Crippen LogP contribution in [0.15, 0.2) is 9.17 Å². The first-order valence-corrected chi connectivity index (χ1v) is 8.16. The Morgan fingerprint density at radius 1 is 1.53 bits per heavy atom. The second-order valence-corrected chi connectivity index (χ2v) is 8.20. The lowest BCUT2D eigenvalue weighted by Crippen LogP contribution is -2.43. The fraction of sp³-hybridized carbons (Fsp3) is 0.643. The molecule has 1 aliphatic rings. The van der Waals surface area contributed by atoms with E-state index in [4.69, 9.17) is 4.74 Å². The molecular weight excluding hydrogens is 326 g/mol. The predicted molar refractivity (Wildman–Crippen MR) is 81.8 cm³/mol. The molecule has 0 saturated heterocycles. The molecule has 0 spiro atoms. The van der Waals surface area contributed by atoms with Gasteiger partial charge in [-0.1, -0.05) is 0 Å². The van der Waals surface area contributed by atoms with Crippen molar-refractivity contribution < 1.29 is 9.53 Å². The monoisotopic (exact) mass is 345 g/mol. The van der Waals surface area contributed by atoms with Gasteiger partial charge in [0.25, 0.3) is 0 Å². The van der Waals surface area contributed by atoms with Crippen LogP contribution in [0.1, 0.15) is 38.3 Å². The Balaban J connectivity index is 2.04. The normalized spacial score (nSPS) is 18.9. The van der Waals surface area contributed by atoms with E-state index in [2.05, 4.69) is 21.3 Å². The van der Waals surface area contributed by atoms with Crippen LogP contribution in [0.2, 0.25) is 0 Å². The zero-order valence-electron chi connectivity index (χ0n) is 11.8. The number of carbonyl (C=O) groups is 1. The Kier molecular flexibility index (Phi) is 4.26. The Bertz CT molecular complexity index is 478. The van der Waals surface area contributed by atoms with Crippen LogP contribution in [0.25, 0.3) is 0 Å². The lowest BCUT2D eigenvalue weighted by atomic mass is 9.91. The van der Waals surface area contributed by atoms with Gasteiger partial charge in [-0.2, -0.15) is 0 Å². The van der Waals surface area contributed by atoms with Gasteiger partial charge < -0.3 is 9.64 Å². The van der Waals surface area contributed by atoms with Crippen molar-refractivity contribution in [2.45, 2.75) is 51.7 Å². The maximum Gasteiger partial charge on any atom is 0.410 e. The smallest absolute Gasteiger partial charge is 0.410 e. The van der Waals surface area contributed by atoms with Crippen LogP contribution in [0.5, 0.6) is 0 Å². The summed E-state index contributed by atoms with van der Waals surface area (Å²) in [5, 5.41) is 2.21. The zero-order chi connectivity index (χ0) is 14.2. The van der Waals surface area contributed by atoms with Crippen molar-refractivity contribution in [3.63, 3.8) is 0 Å². The Labute approximate surface area is 127 Å². The molecule has 1 amide bonds. The maximum atomic E-state index is 12.1. The largest absolute Gasteiger partial charge is 0.444 e. The predicted octanol–water partition coefficient (Wildman–Crippen LogP) is 4.23. The van der Waals surface area contributed by atoms with E-state index in [1.807, 2.05) is 27.8 Å². The third-order valence-corrected chi connectivity index (χ3v) is 5.24. The fourth-order valence-corrected chi connectivity index (χ4v) is 3.85. The summed E-state index contributed by atoms with van der Waals surface area (Å²) in [6.45, 7) is 5.69. The summed E-state index contributed by atoms with van der Waals surface area (Å²) < 4.78 is 6.63. The number of aryl methyl sites for hydroxylation is 1. The molecule has 2 rings (SSSR count). The lowest BCUT2D eigenvalue weighted by Gasteiger charge is -2.33. The number of ether oxygens (including phenoxy) is 1. The number of fused-ring (bicyclic) bond motifs is 1. The van der Waals surface area contributed by atoms with Gasteiger partial charge in [0.2, 0.25) is 0 Å². The molecule has 1 aromatic heterocycles. The Hall–Kier alpha value is -0.550. The second-order valence-electron chi connectivity index (χ2n) is 6.00. The number of amides is 1. The van der Waals surface area contributed by atoms with Crippen LogP contribution in [0.3, 0.4) is 0 Å². The van der Waals surface area contributed by atoms with E-state index in [0.717, 1.165) is 19.3 Å². The van der Waals surface area contributed by atoms with Crippen molar-refractivity contribution in [1.82, 2.24) is 4.90 Å². The highest BCUT2D eigenvalue weighted by molar-refractivity contribution is 9.11. The minimum Gasteiger partial charge on any atom is -0.444 e. The first-order valence-electron chi connectivity index (χ1n) is 6.48. The summed E-state index contributed by atoms with van der Waals surface area (Å²) in [5.41, 5.74) is 2.34. The molecule has 19 heavy (non-hydrogen) atoms. The van der Waals surface area contributed by atoms with Crippen molar-refractivity contribution >= 4 is 33.4 Å². The van der Waals surface area contributed by atoms with Crippen molar-refractivity contribution in [3.8, 4) is 0 Å². The summed E-state index contributed by atoms with van der Waals surface area (Å²) in [6, 6.07) is 0.230. The number of carbonyl (C=O) groups excluding carboxylic acids is 1. The van der Waals surface area contributed by atoms with Gasteiger partial charge in [-0.15, -0.1) is 11.3 Å². The molecule has 5 heteroatoms. The minimum absolute atomic E-state index is 0.229. The summed E-state index contributed by atoms with van der Waals surface area (Å²) >= 11 is 5.33. The van der Waals surface area contributed by atoms with Crippen LogP contribution < -0.4 is 0 Å². The molecular formula is C14H20BrNO2S. The summed E-state index contributed by atoms with van der Waals surface area (Å²) in [5.74, 6) is 0. The zero-order valence-corrected chi connectivity index (χ0v) is 14.2. The van der Waals surface area contributed by atoms with Crippen LogP contribution in [-0.2, 0) is 17.6 Å². The van der Waals surface area contributed by atoms with E-state index in [1.54, 1.807) is 16.2 Å². The van der Waals surface area contributed by atoms with Crippen molar-refractivity contribution in [2.75, 3.05) is 7.05 Å². The van der Waals surface area contributed by atoms with Crippen molar-refractivity contribution in [2.24, 2.45) is 0 Å². The van der Waals surface area contributed by atoms with Gasteiger partial charge in [0.1, 0.15) is 5.60 Å². The molecule has 0 aliphatic heterocycles. The number of thiophene rings is 1. The number of hydrogen-bond acceptors (Lipinski definition) is 3. The third kappa shape index (κ3) is 3.51. The van der Waals surface area contributed by atoms with Crippen LogP contribution >= 0.6 is 27.3 Å². The van der Waals surface area contributed by atoms with E-state index in [-0.39, 0.29) is 12.1 Å². The molecule has 0 saturated carbocycles. The third-order valence-electron chi connectivity index (χ3n) is 3.35. The average molecular weight is 346 g/mol. The topological polar surface area (TPSA) is 29.5 Å². The van der Waals surface area contributed by atoms with Crippen molar-refractivity contribution in [1.29, 1.82) is 0 Å².